The van der Waals surface area contributed by atoms with Gasteiger partial charge in [-0.3, -0.25) is 13.9 Å². The number of anilines is 1. The topological polar surface area (TPSA) is 86.8 Å². The standard InChI is InChI=1S/C24H25ClF3N3O4S/c1-36(34,35)31-15-23(18-4-2-3-5-20(18)31)10-12-30(13-11-23)21(32)19(29-22(33)24(26,27)28)14-16-6-8-17(25)9-7-16/h2-9,19H,10-15H2,1H3,(H,29,33)/t19-/m0/s1. The lowest BCUT2D eigenvalue weighted by Gasteiger charge is -2.41. The lowest BCUT2D eigenvalue weighted by atomic mass is 9.74. The Labute approximate surface area is 212 Å². The van der Waals surface area contributed by atoms with Crippen molar-refractivity contribution in [3.63, 3.8) is 0 Å². The summed E-state index contributed by atoms with van der Waals surface area (Å²) < 4.78 is 65.1. The third-order valence-electron chi connectivity index (χ3n) is 6.84. The first-order valence-electron chi connectivity index (χ1n) is 11.3. The SMILES string of the molecule is CS(=O)(=O)N1CC2(CCN(C(=O)[C@H](Cc3ccc(Cl)cc3)NC(=O)C(F)(F)F)CC2)c2ccccc21. The van der Waals surface area contributed by atoms with Gasteiger partial charge in [0, 0.05) is 36.5 Å². The molecule has 7 nitrogen and oxygen atoms in total. The quantitative estimate of drug-likeness (QED) is 0.627. The van der Waals surface area contributed by atoms with Crippen LogP contribution in [0.5, 0.6) is 0 Å². The number of carbonyl (C=O) groups excluding carboxylic acids is 2. The van der Waals surface area contributed by atoms with E-state index >= 15 is 0 Å². The molecule has 0 saturated carbocycles. The fourth-order valence-electron chi connectivity index (χ4n) is 4.98. The number of sulfonamides is 1. The molecule has 4 rings (SSSR count). The van der Waals surface area contributed by atoms with E-state index in [4.69, 9.17) is 11.6 Å². The molecule has 0 unspecified atom stereocenters. The highest BCUT2D eigenvalue weighted by Gasteiger charge is 2.48. The molecule has 0 aromatic heterocycles. The van der Waals surface area contributed by atoms with Crippen LogP contribution in [0.25, 0.3) is 0 Å². The summed E-state index contributed by atoms with van der Waals surface area (Å²) in [6.07, 6.45) is -3.26. The van der Waals surface area contributed by atoms with Gasteiger partial charge in [0.15, 0.2) is 0 Å². The fraction of sp³-hybridized carbons (Fsp3) is 0.417. The van der Waals surface area contributed by atoms with Crippen molar-refractivity contribution >= 4 is 39.1 Å². The minimum absolute atomic E-state index is 0.135. The summed E-state index contributed by atoms with van der Waals surface area (Å²) in [6.45, 7) is 0.666. The minimum atomic E-state index is -5.13. The average Bonchev–Trinajstić information content (AvgIpc) is 3.14. The molecule has 1 fully saturated rings. The number of rotatable bonds is 5. The summed E-state index contributed by atoms with van der Waals surface area (Å²) in [6, 6.07) is 12.1. The van der Waals surface area contributed by atoms with Gasteiger partial charge in [0.25, 0.3) is 0 Å². The number of nitrogens with zero attached hydrogens (tertiary/aromatic N) is 2. The van der Waals surface area contributed by atoms with Crippen molar-refractivity contribution in [1.82, 2.24) is 10.2 Å². The number of likely N-dealkylation sites (tertiary alicyclic amines) is 1. The molecule has 0 aliphatic carbocycles. The molecular weight excluding hydrogens is 519 g/mol. The van der Waals surface area contributed by atoms with Gasteiger partial charge in [-0.2, -0.15) is 13.2 Å². The van der Waals surface area contributed by atoms with Gasteiger partial charge in [-0.15, -0.1) is 0 Å². The second-order valence-corrected chi connectivity index (χ2v) is 11.6. The maximum Gasteiger partial charge on any atom is 0.471 e. The number of hydrogen-bond acceptors (Lipinski definition) is 4. The maximum atomic E-state index is 13.3. The number of nitrogens with one attached hydrogen (secondary N) is 1. The van der Waals surface area contributed by atoms with E-state index in [2.05, 4.69) is 0 Å². The van der Waals surface area contributed by atoms with Gasteiger partial charge in [-0.05, 0) is 42.2 Å². The Hall–Kier alpha value is -2.79. The van der Waals surface area contributed by atoms with Crippen LogP contribution in [0.15, 0.2) is 48.5 Å². The van der Waals surface area contributed by atoms with E-state index in [0.29, 0.717) is 29.1 Å². The molecular formula is C24H25ClF3N3O4S. The van der Waals surface area contributed by atoms with Gasteiger partial charge in [-0.1, -0.05) is 41.9 Å². The molecule has 1 saturated heterocycles. The van der Waals surface area contributed by atoms with Crippen molar-refractivity contribution in [1.29, 1.82) is 0 Å². The van der Waals surface area contributed by atoms with Crippen LogP contribution < -0.4 is 9.62 Å². The molecule has 2 aromatic carbocycles. The summed E-state index contributed by atoms with van der Waals surface area (Å²) in [5, 5.41) is 2.28. The van der Waals surface area contributed by atoms with E-state index in [-0.39, 0.29) is 26.1 Å². The van der Waals surface area contributed by atoms with Crippen LogP contribution in [0.1, 0.15) is 24.0 Å². The van der Waals surface area contributed by atoms with Crippen molar-refractivity contribution in [3.8, 4) is 0 Å². The van der Waals surface area contributed by atoms with Crippen LogP contribution in [0.4, 0.5) is 18.9 Å². The summed E-state index contributed by atoms with van der Waals surface area (Å²) in [7, 11) is -3.51. The zero-order valence-electron chi connectivity index (χ0n) is 19.4. The van der Waals surface area contributed by atoms with E-state index < -0.39 is 39.5 Å². The Morgan fingerprint density at radius 2 is 1.69 bits per heavy atom. The largest absolute Gasteiger partial charge is 0.471 e. The third-order valence-corrected chi connectivity index (χ3v) is 8.22. The van der Waals surface area contributed by atoms with E-state index in [0.717, 1.165) is 11.8 Å². The number of carbonyl (C=O) groups is 2. The summed E-state index contributed by atoms with van der Waals surface area (Å²) in [4.78, 5) is 26.4. The summed E-state index contributed by atoms with van der Waals surface area (Å²) >= 11 is 5.88. The van der Waals surface area contributed by atoms with Gasteiger partial charge in [0.1, 0.15) is 6.04 Å². The Balaban J connectivity index is 1.53. The molecule has 2 aliphatic rings. The molecule has 2 aromatic rings. The van der Waals surface area contributed by atoms with Gasteiger partial charge in [0.05, 0.1) is 11.9 Å². The Bertz CT molecular complexity index is 1260. The molecule has 36 heavy (non-hydrogen) atoms. The van der Waals surface area contributed by atoms with Crippen molar-refractivity contribution in [2.75, 3.05) is 30.2 Å². The normalized spacial score (nSPS) is 18.1. The van der Waals surface area contributed by atoms with Crippen LogP contribution in [-0.2, 0) is 31.4 Å². The van der Waals surface area contributed by atoms with Crippen LogP contribution in [-0.4, -0.2) is 63.2 Å². The Morgan fingerprint density at radius 3 is 2.28 bits per heavy atom. The van der Waals surface area contributed by atoms with Gasteiger partial charge in [-0.25, -0.2) is 8.42 Å². The molecule has 194 valence electrons. The first kappa shape index (κ1) is 26.3. The van der Waals surface area contributed by atoms with Gasteiger partial charge in [0.2, 0.25) is 15.9 Å². The van der Waals surface area contributed by atoms with Crippen molar-refractivity contribution in [2.24, 2.45) is 0 Å². The van der Waals surface area contributed by atoms with Gasteiger partial charge >= 0.3 is 12.1 Å². The zero-order valence-corrected chi connectivity index (χ0v) is 21.0. The fourth-order valence-corrected chi connectivity index (χ4v) is 6.10. The summed E-state index contributed by atoms with van der Waals surface area (Å²) in [5.74, 6) is -2.81. The second-order valence-electron chi connectivity index (χ2n) is 9.25. The van der Waals surface area contributed by atoms with Gasteiger partial charge < -0.3 is 10.2 Å². The highest BCUT2D eigenvalue weighted by molar-refractivity contribution is 7.92. The first-order chi connectivity index (χ1) is 16.8. The number of alkyl halides is 3. The predicted octanol–water partition coefficient (Wildman–Crippen LogP) is 3.27. The van der Waals surface area contributed by atoms with Crippen molar-refractivity contribution in [3.05, 3.63) is 64.7 Å². The van der Waals surface area contributed by atoms with Crippen molar-refractivity contribution < 1.29 is 31.2 Å². The molecule has 12 heteroatoms. The molecule has 2 aliphatic heterocycles. The molecule has 0 radical (unpaired) electrons. The lowest BCUT2D eigenvalue weighted by Crippen LogP contribution is -2.56. The highest BCUT2D eigenvalue weighted by Crippen LogP contribution is 2.47. The maximum absolute atomic E-state index is 13.3. The van der Waals surface area contributed by atoms with Crippen LogP contribution in [0, 0.1) is 0 Å². The number of para-hydroxylation sites is 1. The number of hydrogen-bond donors (Lipinski definition) is 1. The third kappa shape index (κ3) is 5.31. The molecule has 0 bridgehead atoms. The van der Waals surface area contributed by atoms with Crippen molar-refractivity contribution in [2.45, 2.75) is 36.9 Å². The van der Waals surface area contributed by atoms with E-state index in [1.165, 1.54) is 9.21 Å². The van der Waals surface area contributed by atoms with E-state index in [1.54, 1.807) is 36.4 Å². The Kier molecular flexibility index (Phi) is 7.00. The van der Waals surface area contributed by atoms with Crippen LogP contribution in [0.2, 0.25) is 5.02 Å². The number of benzene rings is 2. The number of fused-ring (bicyclic) bond motifs is 2. The van der Waals surface area contributed by atoms with E-state index in [9.17, 15) is 31.2 Å². The minimum Gasteiger partial charge on any atom is -0.341 e. The smallest absolute Gasteiger partial charge is 0.341 e. The first-order valence-corrected chi connectivity index (χ1v) is 13.5. The van der Waals surface area contributed by atoms with Crippen LogP contribution >= 0.6 is 11.6 Å². The second kappa shape index (κ2) is 9.59. The number of piperidine rings is 1. The monoisotopic (exact) mass is 543 g/mol. The highest BCUT2D eigenvalue weighted by atomic mass is 35.5. The molecule has 1 spiro atoms. The van der Waals surface area contributed by atoms with Crippen LogP contribution in [0.3, 0.4) is 0 Å². The molecule has 1 atom stereocenters. The lowest BCUT2D eigenvalue weighted by molar-refractivity contribution is -0.175. The predicted molar refractivity (Wildman–Crippen MR) is 129 cm³/mol. The molecule has 1 N–H and O–H groups in total. The van der Waals surface area contributed by atoms with E-state index in [1.807, 2.05) is 17.4 Å². The zero-order chi connectivity index (χ0) is 26.3. The average molecular weight is 544 g/mol. The number of halogens is 4. The molecule has 2 heterocycles. The molecule has 2 amide bonds. The number of amides is 2. The Morgan fingerprint density at radius 1 is 1.08 bits per heavy atom. The summed E-state index contributed by atoms with van der Waals surface area (Å²) in [5.41, 5.74) is 1.53.